The molecule has 4 nitrogen and oxygen atoms in total. The first-order valence-corrected chi connectivity index (χ1v) is 6.82. The van der Waals surface area contributed by atoms with Gasteiger partial charge in [-0.25, -0.2) is 0 Å². The third-order valence-electron chi connectivity index (χ3n) is 3.59. The number of likely N-dealkylation sites (tertiary alicyclic amines) is 1. The van der Waals surface area contributed by atoms with Gasteiger partial charge in [-0.3, -0.25) is 4.79 Å². The van der Waals surface area contributed by atoms with Crippen LogP contribution in [-0.4, -0.2) is 35.0 Å². The van der Waals surface area contributed by atoms with Crippen LogP contribution in [0.2, 0.25) is 0 Å². The minimum absolute atomic E-state index is 0.266. The molecule has 1 N–H and O–H groups in total. The lowest BCUT2D eigenvalue weighted by Gasteiger charge is -2.30. The second kappa shape index (κ2) is 6.05. The number of carbonyl (C=O) groups is 1. The van der Waals surface area contributed by atoms with Crippen LogP contribution < -0.4 is 5.32 Å². The zero-order valence-corrected chi connectivity index (χ0v) is 11.4. The van der Waals surface area contributed by atoms with Crippen LogP contribution in [0, 0.1) is 0 Å². The van der Waals surface area contributed by atoms with E-state index in [9.17, 15) is 4.79 Å². The predicted octanol–water partition coefficient (Wildman–Crippen LogP) is 1.61. The van der Waals surface area contributed by atoms with E-state index in [0.29, 0.717) is 12.5 Å². The number of nitrogens with zero attached hydrogens (tertiary/aromatic N) is 2. The lowest BCUT2D eigenvalue weighted by molar-refractivity contribution is -0.132. The minimum atomic E-state index is 0.266. The van der Waals surface area contributed by atoms with Gasteiger partial charge in [0.25, 0.3) is 0 Å². The Bertz CT molecular complexity index is 399. The van der Waals surface area contributed by atoms with E-state index in [1.165, 1.54) is 5.69 Å². The van der Waals surface area contributed by atoms with Gasteiger partial charge in [0, 0.05) is 51.0 Å². The van der Waals surface area contributed by atoms with Gasteiger partial charge in [0.05, 0.1) is 0 Å². The number of amides is 1. The van der Waals surface area contributed by atoms with E-state index in [0.717, 1.165) is 32.5 Å². The molecular weight excluding hydrogens is 226 g/mol. The molecule has 100 valence electrons. The maximum absolute atomic E-state index is 11.4. The van der Waals surface area contributed by atoms with Crippen molar-refractivity contribution in [3.8, 4) is 0 Å². The van der Waals surface area contributed by atoms with Crippen LogP contribution in [0.1, 0.15) is 31.9 Å². The molecular formula is C14H23N3O. The molecule has 1 aromatic rings. The smallest absolute Gasteiger partial charge is 0.222 e. The van der Waals surface area contributed by atoms with E-state index in [2.05, 4.69) is 35.1 Å². The molecule has 0 bridgehead atoms. The Hall–Kier alpha value is -1.29. The summed E-state index contributed by atoms with van der Waals surface area (Å²) in [6.45, 7) is 4.99. The number of aromatic nitrogens is 1. The van der Waals surface area contributed by atoms with E-state index in [1.807, 2.05) is 11.9 Å². The summed E-state index contributed by atoms with van der Waals surface area (Å²) < 4.78 is 2.30. The van der Waals surface area contributed by atoms with Gasteiger partial charge in [-0.15, -0.1) is 0 Å². The highest BCUT2D eigenvalue weighted by atomic mass is 16.2. The summed E-state index contributed by atoms with van der Waals surface area (Å²) in [7, 11) is 1.88. The standard InChI is InChI=1S/C14H23N3O/c1-3-8-17-9-4-5-13(17)10-15-12-6-7-14(18)16(2)11-12/h4-5,9,12,15H,3,6-8,10-11H2,1-2H3. The van der Waals surface area contributed by atoms with Gasteiger partial charge in [0.1, 0.15) is 0 Å². The molecule has 0 saturated carbocycles. The number of aryl methyl sites for hydroxylation is 1. The highest BCUT2D eigenvalue weighted by Crippen LogP contribution is 2.11. The van der Waals surface area contributed by atoms with Crippen LogP contribution >= 0.6 is 0 Å². The molecule has 0 spiro atoms. The maximum atomic E-state index is 11.4. The van der Waals surface area contributed by atoms with Gasteiger partial charge in [-0.1, -0.05) is 6.92 Å². The normalized spacial score (nSPS) is 20.4. The second-order valence-corrected chi connectivity index (χ2v) is 5.08. The zero-order valence-electron chi connectivity index (χ0n) is 11.4. The Morgan fingerprint density at radius 1 is 1.50 bits per heavy atom. The van der Waals surface area contributed by atoms with Crippen molar-refractivity contribution in [2.24, 2.45) is 0 Å². The topological polar surface area (TPSA) is 37.3 Å². The fraction of sp³-hybridized carbons (Fsp3) is 0.643. The number of hydrogen-bond donors (Lipinski definition) is 1. The highest BCUT2D eigenvalue weighted by Gasteiger charge is 2.22. The summed E-state index contributed by atoms with van der Waals surface area (Å²) in [4.78, 5) is 13.2. The maximum Gasteiger partial charge on any atom is 0.222 e. The molecule has 1 aliphatic heterocycles. The Labute approximate surface area is 109 Å². The Balaban J connectivity index is 1.84. The largest absolute Gasteiger partial charge is 0.350 e. The summed E-state index contributed by atoms with van der Waals surface area (Å²) in [6.07, 6.45) is 4.92. The summed E-state index contributed by atoms with van der Waals surface area (Å²) in [5.74, 6) is 0.266. The predicted molar refractivity (Wildman–Crippen MR) is 72.2 cm³/mol. The summed E-state index contributed by atoms with van der Waals surface area (Å²) in [5, 5.41) is 3.56. The SMILES string of the molecule is CCCn1cccc1CNC1CCC(=O)N(C)C1. The van der Waals surface area contributed by atoms with E-state index in [4.69, 9.17) is 0 Å². The molecule has 1 atom stereocenters. The lowest BCUT2D eigenvalue weighted by Crippen LogP contribution is -2.46. The Morgan fingerprint density at radius 3 is 3.06 bits per heavy atom. The molecule has 1 amide bonds. The second-order valence-electron chi connectivity index (χ2n) is 5.08. The third kappa shape index (κ3) is 3.13. The van der Waals surface area contributed by atoms with Gasteiger partial charge >= 0.3 is 0 Å². The number of carbonyl (C=O) groups excluding carboxylic acids is 1. The summed E-state index contributed by atoms with van der Waals surface area (Å²) in [5.41, 5.74) is 1.33. The molecule has 2 rings (SSSR count). The molecule has 2 heterocycles. The van der Waals surface area contributed by atoms with E-state index in [-0.39, 0.29) is 5.91 Å². The highest BCUT2D eigenvalue weighted by molar-refractivity contribution is 5.76. The molecule has 0 aromatic carbocycles. The number of hydrogen-bond acceptors (Lipinski definition) is 2. The molecule has 18 heavy (non-hydrogen) atoms. The molecule has 1 fully saturated rings. The summed E-state index contributed by atoms with van der Waals surface area (Å²) in [6, 6.07) is 4.70. The van der Waals surface area contributed by atoms with Gasteiger partial charge in [0.2, 0.25) is 5.91 Å². The van der Waals surface area contributed by atoms with Crippen molar-refractivity contribution in [3.05, 3.63) is 24.0 Å². The first kappa shape index (κ1) is 13.1. The molecule has 0 radical (unpaired) electrons. The monoisotopic (exact) mass is 249 g/mol. The van der Waals surface area contributed by atoms with Crippen molar-refractivity contribution in [1.29, 1.82) is 0 Å². The van der Waals surface area contributed by atoms with Crippen molar-refractivity contribution in [3.63, 3.8) is 0 Å². The van der Waals surface area contributed by atoms with Gasteiger partial charge in [-0.2, -0.15) is 0 Å². The van der Waals surface area contributed by atoms with Crippen molar-refractivity contribution < 1.29 is 4.79 Å². The zero-order chi connectivity index (χ0) is 13.0. The summed E-state index contributed by atoms with van der Waals surface area (Å²) >= 11 is 0. The molecule has 1 aliphatic rings. The average molecular weight is 249 g/mol. The van der Waals surface area contributed by atoms with Crippen LogP contribution in [0.4, 0.5) is 0 Å². The van der Waals surface area contributed by atoms with Crippen molar-refractivity contribution in [2.45, 2.75) is 45.3 Å². The van der Waals surface area contributed by atoms with Crippen molar-refractivity contribution in [1.82, 2.24) is 14.8 Å². The molecule has 1 aromatic heterocycles. The van der Waals surface area contributed by atoms with E-state index < -0.39 is 0 Å². The van der Waals surface area contributed by atoms with Crippen molar-refractivity contribution >= 4 is 5.91 Å². The molecule has 4 heteroatoms. The molecule has 1 saturated heterocycles. The Kier molecular flexibility index (Phi) is 4.42. The first-order valence-electron chi connectivity index (χ1n) is 6.82. The van der Waals surface area contributed by atoms with Crippen LogP contribution in [-0.2, 0) is 17.9 Å². The van der Waals surface area contributed by atoms with Crippen LogP contribution in [0.15, 0.2) is 18.3 Å². The van der Waals surface area contributed by atoms with E-state index >= 15 is 0 Å². The van der Waals surface area contributed by atoms with Crippen molar-refractivity contribution in [2.75, 3.05) is 13.6 Å². The number of nitrogens with one attached hydrogen (secondary N) is 1. The van der Waals surface area contributed by atoms with Crippen LogP contribution in [0.25, 0.3) is 0 Å². The average Bonchev–Trinajstić information content (AvgIpc) is 2.79. The molecule has 1 unspecified atom stereocenters. The quantitative estimate of drug-likeness (QED) is 0.861. The lowest BCUT2D eigenvalue weighted by atomic mass is 10.1. The van der Waals surface area contributed by atoms with E-state index in [1.54, 1.807) is 0 Å². The molecule has 0 aliphatic carbocycles. The van der Waals surface area contributed by atoms with Gasteiger partial charge < -0.3 is 14.8 Å². The first-order chi connectivity index (χ1) is 8.70. The number of rotatable bonds is 5. The minimum Gasteiger partial charge on any atom is -0.350 e. The van der Waals surface area contributed by atoms with Gasteiger partial charge in [0.15, 0.2) is 0 Å². The van der Waals surface area contributed by atoms with Crippen LogP contribution in [0.5, 0.6) is 0 Å². The Morgan fingerprint density at radius 2 is 2.33 bits per heavy atom. The third-order valence-corrected chi connectivity index (χ3v) is 3.59. The fourth-order valence-electron chi connectivity index (χ4n) is 2.50. The fourth-order valence-corrected chi connectivity index (χ4v) is 2.50. The van der Waals surface area contributed by atoms with Gasteiger partial charge in [-0.05, 0) is 25.0 Å². The van der Waals surface area contributed by atoms with Crippen LogP contribution in [0.3, 0.4) is 0 Å². The number of likely N-dealkylation sites (N-methyl/N-ethyl adjacent to an activating group) is 1. The number of piperidine rings is 1.